The molecule has 0 aromatic carbocycles. The Kier molecular flexibility index (Phi) is 3.65. The second kappa shape index (κ2) is 4.34. The maximum absolute atomic E-state index is 12.0. The fourth-order valence-electron chi connectivity index (χ4n) is 1.65. The largest absolute Gasteiger partial charge is 0.341 e. The lowest BCUT2D eigenvalue weighted by atomic mass is 9.99. The lowest BCUT2D eigenvalue weighted by Gasteiger charge is -2.35. The van der Waals surface area contributed by atoms with Crippen LogP contribution in [0.3, 0.4) is 0 Å². The van der Waals surface area contributed by atoms with Crippen molar-refractivity contribution in [1.82, 2.24) is 15.3 Å². The van der Waals surface area contributed by atoms with Crippen molar-refractivity contribution in [3.63, 3.8) is 0 Å². The molecule has 1 rings (SSSR count). The highest BCUT2D eigenvalue weighted by Gasteiger charge is 2.44. The van der Waals surface area contributed by atoms with Crippen molar-refractivity contribution in [2.45, 2.75) is 58.2 Å². The van der Waals surface area contributed by atoms with Gasteiger partial charge in [-0.25, -0.2) is 10.4 Å². The van der Waals surface area contributed by atoms with Crippen LogP contribution < -0.4 is 5.43 Å². The third kappa shape index (κ3) is 2.74. The van der Waals surface area contributed by atoms with Crippen LogP contribution in [-0.4, -0.2) is 41.1 Å². The molecular formula is C12H25N3O. The van der Waals surface area contributed by atoms with Crippen molar-refractivity contribution >= 4 is 5.91 Å². The first-order chi connectivity index (χ1) is 7.23. The van der Waals surface area contributed by atoms with Crippen LogP contribution >= 0.6 is 0 Å². The third-order valence-corrected chi connectivity index (χ3v) is 4.07. The topological polar surface area (TPSA) is 45.3 Å². The van der Waals surface area contributed by atoms with Gasteiger partial charge in [0.25, 0.3) is 0 Å². The summed E-state index contributed by atoms with van der Waals surface area (Å²) in [5.74, 6) is 0.232. The summed E-state index contributed by atoms with van der Waals surface area (Å²) in [6.45, 7) is 8.44. The van der Waals surface area contributed by atoms with Gasteiger partial charge in [-0.15, -0.1) is 0 Å². The summed E-state index contributed by atoms with van der Waals surface area (Å²) in [7, 11) is 3.91. The summed E-state index contributed by atoms with van der Waals surface area (Å²) < 4.78 is 0. The van der Waals surface area contributed by atoms with E-state index in [-0.39, 0.29) is 17.1 Å². The highest BCUT2D eigenvalue weighted by atomic mass is 16.2. The highest BCUT2D eigenvalue weighted by molar-refractivity contribution is 5.76. The molecular weight excluding hydrogens is 202 g/mol. The molecule has 0 bridgehead atoms. The summed E-state index contributed by atoms with van der Waals surface area (Å²) >= 11 is 0. The zero-order valence-electron chi connectivity index (χ0n) is 11.4. The van der Waals surface area contributed by atoms with Gasteiger partial charge in [-0.05, 0) is 33.6 Å². The van der Waals surface area contributed by atoms with Gasteiger partial charge in [0.1, 0.15) is 0 Å². The van der Waals surface area contributed by atoms with Crippen LogP contribution in [0.5, 0.6) is 0 Å². The van der Waals surface area contributed by atoms with Crippen LogP contribution in [0.15, 0.2) is 0 Å². The molecule has 1 amide bonds. The van der Waals surface area contributed by atoms with Crippen LogP contribution in [0.25, 0.3) is 0 Å². The Labute approximate surface area is 98.9 Å². The molecule has 0 saturated carbocycles. The Hall–Kier alpha value is -0.610. The number of carbonyl (C=O) groups is 1. The Morgan fingerprint density at radius 3 is 2.38 bits per heavy atom. The van der Waals surface area contributed by atoms with E-state index in [1.807, 2.05) is 24.0 Å². The lowest BCUT2D eigenvalue weighted by Crippen LogP contribution is -2.44. The minimum absolute atomic E-state index is 0.0346. The van der Waals surface area contributed by atoms with E-state index in [1.165, 1.54) is 0 Å². The predicted molar refractivity (Wildman–Crippen MR) is 65.7 cm³/mol. The van der Waals surface area contributed by atoms with Crippen molar-refractivity contribution < 1.29 is 4.79 Å². The van der Waals surface area contributed by atoms with E-state index < -0.39 is 0 Å². The molecule has 16 heavy (non-hydrogen) atoms. The molecule has 1 saturated heterocycles. The van der Waals surface area contributed by atoms with Crippen LogP contribution in [0.1, 0.15) is 47.0 Å². The summed E-state index contributed by atoms with van der Waals surface area (Å²) in [5.41, 5.74) is 3.21. The first kappa shape index (κ1) is 13.5. The maximum atomic E-state index is 12.0. The summed E-state index contributed by atoms with van der Waals surface area (Å²) in [6.07, 6.45) is 2.45. The number of nitrogens with one attached hydrogen (secondary N) is 1. The monoisotopic (exact) mass is 227 g/mol. The third-order valence-electron chi connectivity index (χ3n) is 4.07. The Morgan fingerprint density at radius 1 is 1.50 bits per heavy atom. The summed E-state index contributed by atoms with van der Waals surface area (Å²) in [5, 5.41) is 2.05. The molecule has 1 N–H and O–H groups in total. The number of carbonyl (C=O) groups excluding carboxylic acids is 1. The molecule has 0 aromatic heterocycles. The number of hydrazine groups is 1. The standard InChI is InChI=1S/C12H25N3O/c1-7-11(2,3)14(5)10(16)8-9-12(4)13-15(12)6/h13H,7-9H2,1-6H3. The van der Waals surface area contributed by atoms with Crippen LogP contribution in [0.4, 0.5) is 0 Å². The van der Waals surface area contributed by atoms with Gasteiger partial charge in [0.15, 0.2) is 0 Å². The second-order valence-electron chi connectivity index (χ2n) is 5.56. The Bertz CT molecular complexity index is 277. The number of amides is 1. The quantitative estimate of drug-likeness (QED) is 0.725. The number of hydrogen-bond donors (Lipinski definition) is 1. The van der Waals surface area contributed by atoms with Crippen LogP contribution in [0, 0.1) is 0 Å². The van der Waals surface area contributed by atoms with E-state index in [0.29, 0.717) is 6.42 Å². The summed E-state index contributed by atoms with van der Waals surface area (Å²) in [4.78, 5) is 13.9. The van der Waals surface area contributed by atoms with Crippen molar-refractivity contribution in [3.8, 4) is 0 Å². The summed E-state index contributed by atoms with van der Waals surface area (Å²) in [6, 6.07) is 0. The molecule has 4 heteroatoms. The number of nitrogens with zero attached hydrogens (tertiary/aromatic N) is 2. The molecule has 0 aromatic rings. The van der Waals surface area contributed by atoms with Crippen LogP contribution in [-0.2, 0) is 4.79 Å². The molecule has 2 unspecified atom stereocenters. The molecule has 94 valence electrons. The Morgan fingerprint density at radius 2 is 2.00 bits per heavy atom. The molecule has 0 aliphatic carbocycles. The average molecular weight is 227 g/mol. The van der Waals surface area contributed by atoms with Crippen molar-refractivity contribution in [2.24, 2.45) is 0 Å². The molecule has 0 spiro atoms. The number of hydrogen-bond acceptors (Lipinski definition) is 3. The zero-order chi connectivity index (χ0) is 12.6. The van der Waals surface area contributed by atoms with E-state index in [9.17, 15) is 4.79 Å². The van der Waals surface area contributed by atoms with Crippen molar-refractivity contribution in [1.29, 1.82) is 0 Å². The van der Waals surface area contributed by atoms with Crippen molar-refractivity contribution in [3.05, 3.63) is 0 Å². The van der Waals surface area contributed by atoms with Gasteiger partial charge < -0.3 is 4.90 Å². The van der Waals surface area contributed by atoms with Gasteiger partial charge in [0, 0.05) is 26.1 Å². The Balaban J connectivity index is 2.41. The van der Waals surface area contributed by atoms with E-state index >= 15 is 0 Å². The van der Waals surface area contributed by atoms with Gasteiger partial charge >= 0.3 is 0 Å². The normalized spacial score (nSPS) is 29.0. The molecule has 0 radical (unpaired) electrons. The highest BCUT2D eigenvalue weighted by Crippen LogP contribution is 2.28. The molecule has 2 atom stereocenters. The SMILES string of the molecule is CCC(C)(C)N(C)C(=O)CCC1(C)NN1C. The van der Waals surface area contributed by atoms with Crippen molar-refractivity contribution in [2.75, 3.05) is 14.1 Å². The van der Waals surface area contributed by atoms with Gasteiger partial charge in [0.05, 0.1) is 5.66 Å². The van der Waals surface area contributed by atoms with E-state index in [1.54, 1.807) is 0 Å². The van der Waals surface area contributed by atoms with E-state index in [0.717, 1.165) is 12.8 Å². The van der Waals surface area contributed by atoms with Gasteiger partial charge in [-0.2, -0.15) is 0 Å². The van der Waals surface area contributed by atoms with Gasteiger partial charge in [-0.1, -0.05) is 6.92 Å². The van der Waals surface area contributed by atoms with Gasteiger partial charge in [-0.3, -0.25) is 4.79 Å². The zero-order valence-corrected chi connectivity index (χ0v) is 11.4. The van der Waals surface area contributed by atoms with Gasteiger partial charge in [0.2, 0.25) is 5.91 Å². The minimum atomic E-state index is -0.0408. The first-order valence-corrected chi connectivity index (χ1v) is 6.01. The number of rotatable bonds is 5. The first-order valence-electron chi connectivity index (χ1n) is 6.01. The molecule has 4 nitrogen and oxygen atoms in total. The maximum Gasteiger partial charge on any atom is 0.222 e. The smallest absolute Gasteiger partial charge is 0.222 e. The average Bonchev–Trinajstić information content (AvgIpc) is 2.82. The molecule has 1 aliphatic rings. The van der Waals surface area contributed by atoms with Crippen LogP contribution in [0.2, 0.25) is 0 Å². The molecule has 1 fully saturated rings. The minimum Gasteiger partial charge on any atom is -0.341 e. The predicted octanol–water partition coefficient (Wildman–Crippen LogP) is 1.58. The molecule has 1 heterocycles. The fraction of sp³-hybridized carbons (Fsp3) is 0.917. The lowest BCUT2D eigenvalue weighted by molar-refractivity contribution is -0.135. The molecule has 1 aliphatic heterocycles. The van der Waals surface area contributed by atoms with E-state index in [2.05, 4.69) is 33.1 Å². The van der Waals surface area contributed by atoms with E-state index in [4.69, 9.17) is 0 Å². The second-order valence-corrected chi connectivity index (χ2v) is 5.56. The fourth-order valence-corrected chi connectivity index (χ4v) is 1.65.